The SMILES string of the molecule is O=C(O[C@@H]1CCCC[C@H]1N1CCCCC1)C(=S)Oc1ccccc1. The highest BCUT2D eigenvalue weighted by Crippen LogP contribution is 2.28. The predicted molar refractivity (Wildman–Crippen MR) is 97.2 cm³/mol. The van der Waals surface area contributed by atoms with Crippen LogP contribution in [0, 0.1) is 0 Å². The number of carbonyl (C=O) groups is 1. The van der Waals surface area contributed by atoms with Gasteiger partial charge < -0.3 is 9.47 Å². The fraction of sp³-hybridized carbons (Fsp3) is 0.579. The maximum absolute atomic E-state index is 12.3. The Balaban J connectivity index is 1.57. The first-order chi connectivity index (χ1) is 11.7. The molecule has 0 unspecified atom stereocenters. The Morgan fingerprint density at radius 2 is 1.71 bits per heavy atom. The highest BCUT2D eigenvalue weighted by Gasteiger charge is 2.34. The zero-order chi connectivity index (χ0) is 16.8. The zero-order valence-electron chi connectivity index (χ0n) is 14.0. The second kappa shape index (κ2) is 8.58. The predicted octanol–water partition coefficient (Wildman–Crippen LogP) is 3.73. The molecule has 1 saturated heterocycles. The summed E-state index contributed by atoms with van der Waals surface area (Å²) < 4.78 is 11.2. The highest BCUT2D eigenvalue weighted by molar-refractivity contribution is 7.81. The summed E-state index contributed by atoms with van der Waals surface area (Å²) in [7, 11) is 0. The fourth-order valence-electron chi connectivity index (χ4n) is 3.71. The Bertz CT molecular complexity index is 557. The normalized spacial score (nSPS) is 25.0. The Kier molecular flexibility index (Phi) is 6.21. The van der Waals surface area contributed by atoms with Gasteiger partial charge in [0.15, 0.2) is 0 Å². The number of piperidine rings is 1. The second-order valence-electron chi connectivity index (χ2n) is 6.59. The summed E-state index contributed by atoms with van der Waals surface area (Å²) in [5.41, 5.74) is 0. The number of rotatable bonds is 3. The Morgan fingerprint density at radius 1 is 1.00 bits per heavy atom. The lowest BCUT2D eigenvalue weighted by molar-refractivity contribution is -0.147. The topological polar surface area (TPSA) is 38.8 Å². The molecular weight excluding hydrogens is 322 g/mol. The van der Waals surface area contributed by atoms with Gasteiger partial charge in [0, 0.05) is 6.04 Å². The summed E-state index contributed by atoms with van der Waals surface area (Å²) >= 11 is 5.11. The van der Waals surface area contributed by atoms with Crippen LogP contribution in [-0.2, 0) is 9.53 Å². The molecule has 5 heteroatoms. The van der Waals surface area contributed by atoms with E-state index in [1.54, 1.807) is 12.1 Å². The molecule has 3 rings (SSSR count). The molecule has 1 heterocycles. The molecule has 0 spiro atoms. The molecule has 4 nitrogen and oxygen atoms in total. The zero-order valence-corrected chi connectivity index (χ0v) is 14.8. The molecular formula is C19H25NO3S. The van der Waals surface area contributed by atoms with E-state index in [4.69, 9.17) is 21.7 Å². The van der Waals surface area contributed by atoms with Crippen LogP contribution >= 0.6 is 12.2 Å². The Hall–Kier alpha value is -1.46. The number of esters is 1. The lowest BCUT2D eigenvalue weighted by Crippen LogP contribution is -2.49. The van der Waals surface area contributed by atoms with E-state index >= 15 is 0 Å². The minimum atomic E-state index is -0.511. The van der Waals surface area contributed by atoms with Crippen molar-refractivity contribution in [3.63, 3.8) is 0 Å². The van der Waals surface area contributed by atoms with Crippen LogP contribution in [0.25, 0.3) is 0 Å². The number of thiocarbonyl (C=S) groups is 1. The van der Waals surface area contributed by atoms with E-state index in [9.17, 15) is 4.79 Å². The van der Waals surface area contributed by atoms with Crippen LogP contribution in [0.5, 0.6) is 5.75 Å². The first kappa shape index (κ1) is 17.4. The smallest absolute Gasteiger partial charge is 0.386 e. The van der Waals surface area contributed by atoms with E-state index in [0.29, 0.717) is 11.8 Å². The van der Waals surface area contributed by atoms with Crippen LogP contribution in [0.1, 0.15) is 44.9 Å². The van der Waals surface area contributed by atoms with Gasteiger partial charge in [-0.1, -0.05) is 31.0 Å². The van der Waals surface area contributed by atoms with E-state index in [0.717, 1.165) is 32.4 Å². The highest BCUT2D eigenvalue weighted by atomic mass is 32.1. The average Bonchev–Trinajstić information content (AvgIpc) is 2.63. The molecule has 130 valence electrons. The van der Waals surface area contributed by atoms with E-state index < -0.39 is 5.97 Å². The van der Waals surface area contributed by atoms with Gasteiger partial charge in [-0.3, -0.25) is 4.90 Å². The lowest BCUT2D eigenvalue weighted by Gasteiger charge is -2.41. The summed E-state index contributed by atoms with van der Waals surface area (Å²) in [5, 5.41) is -0.107. The van der Waals surface area contributed by atoms with Crippen LogP contribution < -0.4 is 4.74 Å². The summed E-state index contributed by atoms with van der Waals surface area (Å²) in [6, 6.07) is 9.46. The minimum Gasteiger partial charge on any atom is -0.454 e. The molecule has 0 radical (unpaired) electrons. The van der Waals surface area contributed by atoms with Crippen molar-refractivity contribution in [3.05, 3.63) is 30.3 Å². The molecule has 24 heavy (non-hydrogen) atoms. The van der Waals surface area contributed by atoms with Crippen molar-refractivity contribution >= 4 is 23.2 Å². The van der Waals surface area contributed by atoms with Crippen molar-refractivity contribution < 1.29 is 14.3 Å². The molecule has 2 fully saturated rings. The maximum atomic E-state index is 12.3. The standard InChI is InChI=1S/C19H25NO3S/c21-18(19(24)22-15-9-3-1-4-10-15)23-17-12-6-5-11-16(17)20-13-7-2-8-14-20/h1,3-4,9-10,16-17H,2,5-8,11-14H2/t16-,17-/m1/s1. The summed E-state index contributed by atoms with van der Waals surface area (Å²) in [6.07, 6.45) is 8.06. The first-order valence-corrected chi connectivity index (χ1v) is 9.37. The van der Waals surface area contributed by atoms with Gasteiger partial charge in [-0.2, -0.15) is 0 Å². The van der Waals surface area contributed by atoms with Gasteiger partial charge >= 0.3 is 5.97 Å². The van der Waals surface area contributed by atoms with Gasteiger partial charge in [0.1, 0.15) is 11.9 Å². The Labute approximate surface area is 149 Å². The van der Waals surface area contributed by atoms with Gasteiger partial charge in [0.2, 0.25) is 0 Å². The van der Waals surface area contributed by atoms with Gasteiger partial charge in [0.05, 0.1) is 0 Å². The van der Waals surface area contributed by atoms with E-state index in [1.807, 2.05) is 18.2 Å². The third-order valence-electron chi connectivity index (χ3n) is 4.91. The number of carbonyl (C=O) groups excluding carboxylic acids is 1. The van der Waals surface area contributed by atoms with Crippen molar-refractivity contribution in [1.82, 2.24) is 4.90 Å². The fourth-order valence-corrected chi connectivity index (χ4v) is 3.85. The molecule has 0 aromatic heterocycles. The molecule has 1 aromatic rings. The monoisotopic (exact) mass is 347 g/mol. The van der Waals surface area contributed by atoms with Gasteiger partial charge in [0.25, 0.3) is 5.05 Å². The summed E-state index contributed by atoms with van der Waals surface area (Å²) in [4.78, 5) is 14.8. The van der Waals surface area contributed by atoms with Gasteiger partial charge in [-0.15, -0.1) is 0 Å². The van der Waals surface area contributed by atoms with E-state index in [2.05, 4.69) is 4.90 Å². The van der Waals surface area contributed by atoms with Crippen molar-refractivity contribution in [3.8, 4) is 5.75 Å². The van der Waals surface area contributed by atoms with Crippen LogP contribution in [0.4, 0.5) is 0 Å². The van der Waals surface area contributed by atoms with Crippen LogP contribution in [-0.4, -0.2) is 41.2 Å². The Morgan fingerprint density at radius 3 is 2.46 bits per heavy atom. The molecule has 1 saturated carbocycles. The molecule has 1 aliphatic heterocycles. The van der Waals surface area contributed by atoms with Crippen molar-refractivity contribution in [2.75, 3.05) is 13.1 Å². The molecule has 0 amide bonds. The number of para-hydroxylation sites is 1. The van der Waals surface area contributed by atoms with Crippen molar-refractivity contribution in [1.29, 1.82) is 0 Å². The van der Waals surface area contributed by atoms with E-state index in [1.165, 1.54) is 25.7 Å². The van der Waals surface area contributed by atoms with Crippen molar-refractivity contribution in [2.45, 2.75) is 57.1 Å². The first-order valence-electron chi connectivity index (χ1n) is 8.96. The molecule has 0 bridgehead atoms. The third kappa shape index (κ3) is 4.54. The number of benzene rings is 1. The van der Waals surface area contributed by atoms with E-state index in [-0.39, 0.29) is 11.2 Å². The third-order valence-corrected chi connectivity index (χ3v) is 5.16. The van der Waals surface area contributed by atoms with Crippen LogP contribution in [0.2, 0.25) is 0 Å². The number of hydrogen-bond donors (Lipinski definition) is 0. The molecule has 0 N–H and O–H groups in total. The second-order valence-corrected chi connectivity index (χ2v) is 6.97. The number of hydrogen-bond acceptors (Lipinski definition) is 5. The number of nitrogens with zero attached hydrogens (tertiary/aromatic N) is 1. The van der Waals surface area contributed by atoms with Gasteiger partial charge in [-0.05, 0) is 69.5 Å². The average molecular weight is 347 g/mol. The maximum Gasteiger partial charge on any atom is 0.386 e. The summed E-state index contributed by atoms with van der Waals surface area (Å²) in [6.45, 7) is 2.23. The molecule has 2 aliphatic rings. The van der Waals surface area contributed by atoms with Crippen LogP contribution in [0.15, 0.2) is 30.3 Å². The van der Waals surface area contributed by atoms with Crippen molar-refractivity contribution in [2.24, 2.45) is 0 Å². The van der Waals surface area contributed by atoms with Gasteiger partial charge in [-0.25, -0.2) is 4.79 Å². The lowest BCUT2D eigenvalue weighted by atomic mass is 9.90. The minimum absolute atomic E-state index is 0.0679. The molecule has 1 aliphatic carbocycles. The summed E-state index contributed by atoms with van der Waals surface area (Å²) in [5.74, 6) is 0.0541. The molecule has 2 atom stereocenters. The van der Waals surface area contributed by atoms with Crippen LogP contribution in [0.3, 0.4) is 0 Å². The molecule has 1 aromatic carbocycles. The number of likely N-dealkylation sites (tertiary alicyclic amines) is 1. The quantitative estimate of drug-likeness (QED) is 0.615. The largest absolute Gasteiger partial charge is 0.454 e. The number of ether oxygens (including phenoxy) is 2.